The molecule has 0 saturated heterocycles. The molecule has 6 heterocycles. The maximum absolute atomic E-state index is 15.3. The van der Waals surface area contributed by atoms with Gasteiger partial charge in [-0.1, -0.05) is 97.1 Å². The molecular weight excluding hydrogens is 701 g/mol. The summed E-state index contributed by atoms with van der Waals surface area (Å²) in [6.07, 6.45) is 7.91. The zero-order valence-corrected chi connectivity index (χ0v) is 29.9. The van der Waals surface area contributed by atoms with Crippen LogP contribution < -0.4 is 0 Å². The molecule has 6 aromatic heterocycles. The standard InChI is InChI=1S/C46H28N6O2S/c53-55(54,33-21-35-39-25-47-51(31-17-9-3-10-18-31)45(39)49-27-41(37(23-33)43(35)49)29-13-5-1-6-14-29)34-22-36-40-26-48-52(32-19-11-4-12-20-32)46(40)50-28-42(38(24-34)44(36)50)30-15-7-2-8-16-30/h1-28H. The minimum Gasteiger partial charge on any atom is -0.299 e. The Balaban J connectivity index is 1.14. The summed E-state index contributed by atoms with van der Waals surface area (Å²) in [5.74, 6) is 0. The normalized spacial score (nSPS) is 12.5. The number of aromatic nitrogens is 6. The number of sulfone groups is 1. The first kappa shape index (κ1) is 30.3. The Labute approximate surface area is 313 Å². The lowest BCUT2D eigenvalue weighted by Gasteiger charge is -2.09. The Kier molecular flexibility index (Phi) is 6.00. The van der Waals surface area contributed by atoms with Crippen molar-refractivity contribution in [2.45, 2.75) is 9.79 Å². The second-order valence-corrected chi connectivity index (χ2v) is 16.0. The molecule has 0 fully saturated rings. The highest BCUT2D eigenvalue weighted by Crippen LogP contribution is 2.45. The summed E-state index contributed by atoms with van der Waals surface area (Å²) < 4.78 is 38.7. The number of hydrogen-bond donors (Lipinski definition) is 0. The van der Waals surface area contributed by atoms with Crippen LogP contribution in [0.2, 0.25) is 0 Å². The van der Waals surface area contributed by atoms with Gasteiger partial charge in [-0.25, -0.2) is 17.8 Å². The van der Waals surface area contributed by atoms with Crippen molar-refractivity contribution in [1.82, 2.24) is 28.4 Å². The summed E-state index contributed by atoms with van der Waals surface area (Å²) in [7, 11) is -4.06. The molecule has 0 amide bonds. The van der Waals surface area contributed by atoms with E-state index in [2.05, 4.69) is 45.5 Å². The van der Waals surface area contributed by atoms with Crippen LogP contribution in [0.1, 0.15) is 0 Å². The van der Waals surface area contributed by atoms with Crippen molar-refractivity contribution in [3.05, 3.63) is 170 Å². The maximum atomic E-state index is 15.3. The average Bonchev–Trinajstić information content (AvgIpc) is 4.09. The molecule has 0 N–H and O–H groups in total. The van der Waals surface area contributed by atoms with Gasteiger partial charge in [0.2, 0.25) is 9.84 Å². The molecule has 8 nitrogen and oxygen atoms in total. The van der Waals surface area contributed by atoms with E-state index in [4.69, 9.17) is 10.2 Å². The summed E-state index contributed by atoms with van der Waals surface area (Å²) in [6.45, 7) is 0. The summed E-state index contributed by atoms with van der Waals surface area (Å²) in [5, 5.41) is 14.8. The van der Waals surface area contributed by atoms with Crippen molar-refractivity contribution in [3.8, 4) is 33.6 Å². The van der Waals surface area contributed by atoms with Gasteiger partial charge >= 0.3 is 0 Å². The van der Waals surface area contributed by atoms with Gasteiger partial charge in [-0.2, -0.15) is 10.2 Å². The van der Waals surface area contributed by atoms with Gasteiger partial charge in [0.15, 0.2) is 0 Å². The number of benzene rings is 6. The third kappa shape index (κ3) is 4.12. The van der Waals surface area contributed by atoms with Gasteiger partial charge < -0.3 is 0 Å². The Morgan fingerprint density at radius 1 is 0.418 bits per heavy atom. The fraction of sp³-hybridized carbons (Fsp3) is 0. The van der Waals surface area contributed by atoms with E-state index in [1.807, 2.05) is 143 Å². The van der Waals surface area contributed by atoms with E-state index < -0.39 is 9.84 Å². The van der Waals surface area contributed by atoms with Gasteiger partial charge in [-0.15, -0.1) is 0 Å². The van der Waals surface area contributed by atoms with E-state index in [1.54, 1.807) is 0 Å². The Hall–Kier alpha value is -7.23. The van der Waals surface area contributed by atoms with Gasteiger partial charge in [0, 0.05) is 55.8 Å². The zero-order chi connectivity index (χ0) is 36.4. The molecule has 0 bridgehead atoms. The van der Waals surface area contributed by atoms with Gasteiger partial charge in [-0.3, -0.25) is 8.80 Å². The van der Waals surface area contributed by atoms with Crippen molar-refractivity contribution < 1.29 is 8.42 Å². The minimum absolute atomic E-state index is 0.232. The molecule has 12 aromatic rings. The molecular formula is C46H28N6O2S. The molecule has 12 rings (SSSR count). The van der Waals surface area contributed by atoms with Crippen LogP contribution in [0, 0.1) is 0 Å². The lowest BCUT2D eigenvalue weighted by molar-refractivity contribution is 0.596. The minimum atomic E-state index is -4.06. The fourth-order valence-corrected chi connectivity index (χ4v) is 9.97. The Morgan fingerprint density at radius 2 is 0.782 bits per heavy atom. The second-order valence-electron chi connectivity index (χ2n) is 14.1. The molecule has 9 heteroatoms. The highest BCUT2D eigenvalue weighted by atomic mass is 32.2. The molecule has 0 saturated carbocycles. The lowest BCUT2D eigenvalue weighted by Crippen LogP contribution is -2.02. The summed E-state index contributed by atoms with van der Waals surface area (Å²) in [6, 6.07) is 47.7. The van der Waals surface area contributed by atoms with Gasteiger partial charge in [0.05, 0.1) is 44.6 Å². The largest absolute Gasteiger partial charge is 0.299 e. The van der Waals surface area contributed by atoms with Crippen LogP contribution >= 0.6 is 0 Å². The number of fused-ring (bicyclic) bond motifs is 6. The highest BCUT2D eigenvalue weighted by Gasteiger charge is 2.29. The van der Waals surface area contributed by atoms with Crippen LogP contribution in [-0.2, 0) is 9.84 Å². The average molecular weight is 729 g/mol. The van der Waals surface area contributed by atoms with E-state index in [-0.39, 0.29) is 9.79 Å². The molecule has 0 spiro atoms. The predicted octanol–water partition coefficient (Wildman–Crippen LogP) is 10.2. The third-order valence-electron chi connectivity index (χ3n) is 11.1. The molecule has 55 heavy (non-hydrogen) atoms. The SMILES string of the molecule is O=S(=O)(c1cc2c(-c3ccccc3)cn3c2c(c1)c1cnn(-c2ccccc2)c13)c1cc2c(-c3ccccc3)cn3c2c(c1)c1cnn(-c2ccccc2)c13. The number of hydrogen-bond acceptors (Lipinski definition) is 4. The van der Waals surface area contributed by atoms with Gasteiger partial charge in [-0.05, 0) is 59.7 Å². The maximum Gasteiger partial charge on any atom is 0.206 e. The van der Waals surface area contributed by atoms with Crippen LogP contribution in [0.15, 0.2) is 180 Å². The second kappa shape index (κ2) is 10.9. The van der Waals surface area contributed by atoms with Crippen LogP contribution in [0.4, 0.5) is 0 Å². The monoisotopic (exact) mass is 728 g/mol. The van der Waals surface area contributed by atoms with E-state index in [0.717, 1.165) is 88.3 Å². The van der Waals surface area contributed by atoms with Gasteiger partial charge in [0.25, 0.3) is 0 Å². The molecule has 0 aliphatic rings. The van der Waals surface area contributed by atoms with Crippen molar-refractivity contribution in [2.75, 3.05) is 0 Å². The Morgan fingerprint density at radius 3 is 1.18 bits per heavy atom. The first-order valence-corrected chi connectivity index (χ1v) is 19.6. The molecule has 0 unspecified atom stereocenters. The molecule has 260 valence electrons. The molecule has 0 atom stereocenters. The number of rotatable bonds is 6. The smallest absolute Gasteiger partial charge is 0.206 e. The first-order chi connectivity index (χ1) is 27.0. The van der Waals surface area contributed by atoms with E-state index in [1.165, 1.54) is 0 Å². The lowest BCUT2D eigenvalue weighted by atomic mass is 10.0. The number of nitrogens with zero attached hydrogens (tertiary/aromatic N) is 6. The molecule has 0 aliphatic heterocycles. The highest BCUT2D eigenvalue weighted by molar-refractivity contribution is 7.91. The quantitative estimate of drug-likeness (QED) is 0.171. The van der Waals surface area contributed by atoms with Crippen LogP contribution in [0.3, 0.4) is 0 Å². The van der Waals surface area contributed by atoms with E-state index in [0.29, 0.717) is 0 Å². The molecule has 0 radical (unpaired) electrons. The van der Waals surface area contributed by atoms with Crippen molar-refractivity contribution in [2.24, 2.45) is 0 Å². The Bertz CT molecular complexity index is 3300. The summed E-state index contributed by atoms with van der Waals surface area (Å²) >= 11 is 0. The third-order valence-corrected chi connectivity index (χ3v) is 12.8. The topological polar surface area (TPSA) is 78.6 Å². The van der Waals surface area contributed by atoms with E-state index in [9.17, 15) is 0 Å². The first-order valence-electron chi connectivity index (χ1n) is 18.1. The van der Waals surface area contributed by atoms with Gasteiger partial charge in [0.1, 0.15) is 11.3 Å². The summed E-state index contributed by atoms with van der Waals surface area (Å²) in [4.78, 5) is 0.464. The van der Waals surface area contributed by atoms with Crippen LogP contribution in [0.5, 0.6) is 0 Å². The van der Waals surface area contributed by atoms with E-state index >= 15 is 8.42 Å². The summed E-state index contributed by atoms with van der Waals surface area (Å²) in [5.41, 5.74) is 9.47. The molecule has 6 aromatic carbocycles. The van der Waals surface area contributed by atoms with Crippen molar-refractivity contribution in [1.29, 1.82) is 0 Å². The van der Waals surface area contributed by atoms with Crippen LogP contribution in [0.25, 0.3) is 88.3 Å². The van der Waals surface area contributed by atoms with Crippen LogP contribution in [-0.4, -0.2) is 36.8 Å². The zero-order valence-electron chi connectivity index (χ0n) is 29.1. The number of para-hydroxylation sites is 2. The molecule has 0 aliphatic carbocycles. The predicted molar refractivity (Wildman–Crippen MR) is 218 cm³/mol. The van der Waals surface area contributed by atoms with Crippen molar-refractivity contribution in [3.63, 3.8) is 0 Å². The van der Waals surface area contributed by atoms with Crippen molar-refractivity contribution >= 4 is 64.5 Å². The fourth-order valence-electron chi connectivity index (χ4n) is 8.60.